The van der Waals surface area contributed by atoms with Crippen LogP contribution in [0.2, 0.25) is 0 Å². The average Bonchev–Trinajstić information content (AvgIpc) is 2.96. The van der Waals surface area contributed by atoms with E-state index in [0.717, 1.165) is 31.9 Å². The SMILES string of the molecule is Cl.Fc1ccccc1[C@H](c1ccco1)N1CCNCC1. The maximum absolute atomic E-state index is 14.1. The molecule has 3 rings (SSSR count). The average molecular weight is 297 g/mol. The van der Waals surface area contributed by atoms with Crippen LogP contribution in [0.25, 0.3) is 0 Å². The molecule has 0 radical (unpaired) electrons. The number of halogens is 2. The van der Waals surface area contributed by atoms with Crippen molar-refractivity contribution in [3.8, 4) is 0 Å². The van der Waals surface area contributed by atoms with E-state index in [2.05, 4.69) is 10.2 Å². The van der Waals surface area contributed by atoms with Gasteiger partial charge >= 0.3 is 0 Å². The monoisotopic (exact) mass is 296 g/mol. The van der Waals surface area contributed by atoms with Gasteiger partial charge in [0.2, 0.25) is 0 Å². The van der Waals surface area contributed by atoms with Crippen molar-refractivity contribution in [1.29, 1.82) is 0 Å². The van der Waals surface area contributed by atoms with E-state index in [1.807, 2.05) is 24.3 Å². The third-order valence-corrected chi connectivity index (χ3v) is 3.53. The van der Waals surface area contributed by atoms with Crippen molar-refractivity contribution in [2.45, 2.75) is 6.04 Å². The molecule has 2 heterocycles. The molecule has 1 aliphatic heterocycles. The zero-order valence-corrected chi connectivity index (χ0v) is 11.9. The highest BCUT2D eigenvalue weighted by molar-refractivity contribution is 5.85. The van der Waals surface area contributed by atoms with Crippen LogP contribution in [0.5, 0.6) is 0 Å². The predicted octanol–water partition coefficient (Wildman–Crippen LogP) is 2.84. The Balaban J connectivity index is 0.00000147. The molecular weight excluding hydrogens is 279 g/mol. The second-order valence-electron chi connectivity index (χ2n) is 4.73. The molecule has 1 aromatic carbocycles. The molecule has 0 bridgehead atoms. The van der Waals surface area contributed by atoms with E-state index in [1.54, 1.807) is 12.3 Å². The molecule has 0 saturated carbocycles. The number of benzene rings is 1. The molecule has 1 aromatic heterocycles. The zero-order chi connectivity index (χ0) is 13.1. The first-order chi connectivity index (χ1) is 9.36. The molecule has 1 atom stereocenters. The minimum Gasteiger partial charge on any atom is -0.467 e. The molecule has 108 valence electrons. The molecule has 3 nitrogen and oxygen atoms in total. The third kappa shape index (κ3) is 3.03. The Kier molecular flexibility index (Phi) is 5.17. The summed E-state index contributed by atoms with van der Waals surface area (Å²) in [7, 11) is 0. The first-order valence-electron chi connectivity index (χ1n) is 6.59. The second-order valence-corrected chi connectivity index (χ2v) is 4.73. The minimum absolute atomic E-state index is 0. The van der Waals surface area contributed by atoms with Gasteiger partial charge in [0, 0.05) is 31.7 Å². The highest BCUT2D eigenvalue weighted by Gasteiger charge is 2.27. The number of piperazine rings is 1. The van der Waals surface area contributed by atoms with Crippen LogP contribution in [0.4, 0.5) is 4.39 Å². The Hall–Kier alpha value is -1.36. The van der Waals surface area contributed by atoms with Gasteiger partial charge in [-0.15, -0.1) is 12.4 Å². The summed E-state index contributed by atoms with van der Waals surface area (Å²) in [5.41, 5.74) is 0.680. The highest BCUT2D eigenvalue weighted by atomic mass is 35.5. The smallest absolute Gasteiger partial charge is 0.128 e. The van der Waals surface area contributed by atoms with E-state index < -0.39 is 0 Å². The van der Waals surface area contributed by atoms with Gasteiger partial charge in [-0.1, -0.05) is 18.2 Å². The van der Waals surface area contributed by atoms with Crippen molar-refractivity contribution in [2.75, 3.05) is 26.2 Å². The van der Waals surface area contributed by atoms with Crippen molar-refractivity contribution in [2.24, 2.45) is 0 Å². The Morgan fingerprint density at radius 1 is 1.10 bits per heavy atom. The van der Waals surface area contributed by atoms with Crippen molar-refractivity contribution in [3.63, 3.8) is 0 Å². The summed E-state index contributed by atoms with van der Waals surface area (Å²) >= 11 is 0. The van der Waals surface area contributed by atoms with Crippen LogP contribution in [0.15, 0.2) is 47.1 Å². The molecule has 0 amide bonds. The quantitative estimate of drug-likeness (QED) is 0.944. The highest BCUT2D eigenvalue weighted by Crippen LogP contribution is 2.30. The fourth-order valence-electron chi connectivity index (χ4n) is 2.61. The molecule has 20 heavy (non-hydrogen) atoms. The van der Waals surface area contributed by atoms with Crippen LogP contribution < -0.4 is 5.32 Å². The number of nitrogens with zero attached hydrogens (tertiary/aromatic N) is 1. The van der Waals surface area contributed by atoms with Gasteiger partial charge < -0.3 is 9.73 Å². The fraction of sp³-hybridized carbons (Fsp3) is 0.333. The van der Waals surface area contributed by atoms with E-state index >= 15 is 0 Å². The van der Waals surface area contributed by atoms with Crippen LogP contribution in [0.1, 0.15) is 17.4 Å². The van der Waals surface area contributed by atoms with E-state index in [1.165, 1.54) is 6.07 Å². The summed E-state index contributed by atoms with van der Waals surface area (Å²) in [6.45, 7) is 3.62. The number of hydrogen-bond donors (Lipinski definition) is 1. The van der Waals surface area contributed by atoms with E-state index in [0.29, 0.717) is 5.56 Å². The van der Waals surface area contributed by atoms with Gasteiger partial charge in [-0.2, -0.15) is 0 Å². The lowest BCUT2D eigenvalue weighted by molar-refractivity contribution is 0.177. The first-order valence-corrected chi connectivity index (χ1v) is 6.59. The molecule has 1 N–H and O–H groups in total. The summed E-state index contributed by atoms with van der Waals surface area (Å²) in [6.07, 6.45) is 1.64. The summed E-state index contributed by atoms with van der Waals surface area (Å²) in [6, 6.07) is 10.6. The van der Waals surface area contributed by atoms with Gasteiger partial charge in [0.1, 0.15) is 11.6 Å². The topological polar surface area (TPSA) is 28.4 Å². The van der Waals surface area contributed by atoms with Gasteiger partial charge in [0.15, 0.2) is 0 Å². The second kappa shape index (κ2) is 6.88. The van der Waals surface area contributed by atoms with Gasteiger partial charge in [-0.3, -0.25) is 4.90 Å². The Morgan fingerprint density at radius 2 is 1.85 bits per heavy atom. The van der Waals surface area contributed by atoms with E-state index in [4.69, 9.17) is 4.42 Å². The lowest BCUT2D eigenvalue weighted by Gasteiger charge is -2.34. The third-order valence-electron chi connectivity index (χ3n) is 3.53. The molecule has 1 aliphatic rings. The van der Waals surface area contributed by atoms with Crippen molar-refractivity contribution in [3.05, 3.63) is 59.8 Å². The van der Waals surface area contributed by atoms with Gasteiger partial charge in [0.05, 0.1) is 12.3 Å². The summed E-state index contributed by atoms with van der Waals surface area (Å²) in [5.74, 6) is 0.620. The fourth-order valence-corrected chi connectivity index (χ4v) is 2.61. The molecule has 0 spiro atoms. The number of hydrogen-bond acceptors (Lipinski definition) is 3. The van der Waals surface area contributed by atoms with Crippen molar-refractivity contribution >= 4 is 12.4 Å². The summed E-state index contributed by atoms with van der Waals surface area (Å²) in [5, 5.41) is 3.31. The maximum atomic E-state index is 14.1. The Bertz CT molecular complexity index is 526. The Labute approximate surface area is 124 Å². The van der Waals surface area contributed by atoms with Crippen LogP contribution in [-0.4, -0.2) is 31.1 Å². The first kappa shape index (κ1) is 15.0. The predicted molar refractivity (Wildman–Crippen MR) is 78.6 cm³/mol. The van der Waals surface area contributed by atoms with E-state index in [9.17, 15) is 4.39 Å². The molecular formula is C15H18ClFN2O. The normalized spacial score (nSPS) is 17.4. The minimum atomic E-state index is -0.178. The molecule has 2 aromatic rings. The lowest BCUT2D eigenvalue weighted by Crippen LogP contribution is -2.45. The van der Waals surface area contributed by atoms with Crippen LogP contribution in [-0.2, 0) is 0 Å². The van der Waals surface area contributed by atoms with Gasteiger partial charge in [-0.25, -0.2) is 4.39 Å². The standard InChI is InChI=1S/C15H17FN2O.ClH/c16-13-5-2-1-4-12(13)15(14-6-3-11-19-14)18-9-7-17-8-10-18;/h1-6,11,15,17H,7-10H2;1H/t15-;/m1./s1. The van der Waals surface area contributed by atoms with E-state index in [-0.39, 0.29) is 24.3 Å². The number of nitrogens with one attached hydrogen (secondary N) is 1. The van der Waals surface area contributed by atoms with Crippen molar-refractivity contribution < 1.29 is 8.81 Å². The van der Waals surface area contributed by atoms with Gasteiger partial charge in [0.25, 0.3) is 0 Å². The zero-order valence-electron chi connectivity index (χ0n) is 11.1. The van der Waals surface area contributed by atoms with Crippen LogP contribution in [0.3, 0.4) is 0 Å². The molecule has 5 heteroatoms. The molecule has 0 unspecified atom stereocenters. The molecule has 1 fully saturated rings. The van der Waals surface area contributed by atoms with Crippen LogP contribution >= 0.6 is 12.4 Å². The lowest BCUT2D eigenvalue weighted by atomic mass is 10.0. The number of furan rings is 1. The maximum Gasteiger partial charge on any atom is 0.128 e. The number of rotatable bonds is 3. The molecule has 0 aliphatic carbocycles. The van der Waals surface area contributed by atoms with Crippen molar-refractivity contribution in [1.82, 2.24) is 10.2 Å². The Morgan fingerprint density at radius 3 is 2.50 bits per heavy atom. The largest absolute Gasteiger partial charge is 0.467 e. The van der Waals surface area contributed by atoms with Crippen LogP contribution in [0, 0.1) is 5.82 Å². The summed E-state index contributed by atoms with van der Waals surface area (Å²) < 4.78 is 19.6. The molecule has 1 saturated heterocycles. The summed E-state index contributed by atoms with van der Waals surface area (Å²) in [4.78, 5) is 2.26. The van der Waals surface area contributed by atoms with Gasteiger partial charge in [-0.05, 0) is 18.2 Å².